The lowest BCUT2D eigenvalue weighted by molar-refractivity contribution is 0.246. The van der Waals surface area contributed by atoms with Crippen LogP contribution in [-0.4, -0.2) is 28.1 Å². The summed E-state index contributed by atoms with van der Waals surface area (Å²) in [5.74, 6) is 2.07. The van der Waals surface area contributed by atoms with Gasteiger partial charge in [0.05, 0.1) is 6.54 Å². The number of nitrogens with zero attached hydrogens (tertiary/aromatic N) is 3. The normalized spacial score (nSPS) is 11.0. The Balaban J connectivity index is 1.61. The zero-order valence-electron chi connectivity index (χ0n) is 14.7. The van der Waals surface area contributed by atoms with Crippen LogP contribution in [0.15, 0.2) is 59.1 Å². The molecular formula is C20H23N3O2. The molecule has 0 fully saturated rings. The maximum absolute atomic E-state index is 5.80. The van der Waals surface area contributed by atoms with E-state index >= 15 is 0 Å². The number of rotatable bonds is 8. The molecule has 0 aliphatic rings. The van der Waals surface area contributed by atoms with Crippen LogP contribution in [-0.2, 0) is 13.2 Å². The van der Waals surface area contributed by atoms with Crippen LogP contribution in [0, 0.1) is 0 Å². The zero-order chi connectivity index (χ0) is 17.5. The molecule has 0 atom stereocenters. The molecule has 0 spiro atoms. The van der Waals surface area contributed by atoms with Gasteiger partial charge in [0.25, 0.3) is 0 Å². The first-order valence-corrected chi connectivity index (χ1v) is 8.60. The van der Waals surface area contributed by atoms with Gasteiger partial charge in [-0.25, -0.2) is 0 Å². The summed E-state index contributed by atoms with van der Waals surface area (Å²) in [5, 5.41) is 4.08. The Kier molecular flexibility index (Phi) is 5.80. The molecule has 0 radical (unpaired) electrons. The Morgan fingerprint density at radius 1 is 0.960 bits per heavy atom. The Labute approximate surface area is 148 Å². The smallest absolute Gasteiger partial charge is 0.241 e. The fourth-order valence-electron chi connectivity index (χ4n) is 2.52. The van der Waals surface area contributed by atoms with Crippen LogP contribution in [0.25, 0.3) is 11.4 Å². The summed E-state index contributed by atoms with van der Waals surface area (Å²) < 4.78 is 11.2. The van der Waals surface area contributed by atoms with E-state index in [0.717, 1.165) is 30.0 Å². The highest BCUT2D eigenvalue weighted by Crippen LogP contribution is 2.21. The minimum atomic E-state index is 0.552. The van der Waals surface area contributed by atoms with Crippen LogP contribution >= 0.6 is 0 Å². The van der Waals surface area contributed by atoms with Crippen molar-refractivity contribution in [1.82, 2.24) is 15.0 Å². The van der Waals surface area contributed by atoms with Crippen molar-refractivity contribution in [3.63, 3.8) is 0 Å². The molecular weight excluding hydrogens is 314 g/mol. The average Bonchev–Trinajstić information content (AvgIpc) is 3.14. The molecule has 2 aromatic carbocycles. The largest absolute Gasteiger partial charge is 0.489 e. The van der Waals surface area contributed by atoms with Crippen LogP contribution in [0.2, 0.25) is 0 Å². The summed E-state index contributed by atoms with van der Waals surface area (Å²) in [6.07, 6.45) is 0. The first kappa shape index (κ1) is 17.2. The molecule has 0 saturated heterocycles. The van der Waals surface area contributed by atoms with Gasteiger partial charge in [-0.15, -0.1) is 0 Å². The van der Waals surface area contributed by atoms with Gasteiger partial charge in [-0.1, -0.05) is 49.3 Å². The maximum atomic E-state index is 5.80. The van der Waals surface area contributed by atoms with Gasteiger partial charge in [0.2, 0.25) is 11.7 Å². The number of hydrogen-bond acceptors (Lipinski definition) is 5. The second-order valence-electron chi connectivity index (χ2n) is 5.77. The summed E-state index contributed by atoms with van der Waals surface area (Å²) in [6.45, 7) is 7.39. The van der Waals surface area contributed by atoms with Gasteiger partial charge >= 0.3 is 0 Å². The fourth-order valence-corrected chi connectivity index (χ4v) is 2.52. The lowest BCUT2D eigenvalue weighted by atomic mass is 10.2. The molecule has 0 amide bonds. The monoisotopic (exact) mass is 337 g/mol. The minimum absolute atomic E-state index is 0.552. The Hall–Kier alpha value is -2.66. The molecule has 130 valence electrons. The highest BCUT2D eigenvalue weighted by atomic mass is 16.5. The molecule has 0 aliphatic heterocycles. The second kappa shape index (κ2) is 8.44. The second-order valence-corrected chi connectivity index (χ2v) is 5.77. The van der Waals surface area contributed by atoms with E-state index in [-0.39, 0.29) is 0 Å². The van der Waals surface area contributed by atoms with Crippen molar-refractivity contribution in [3.05, 3.63) is 66.1 Å². The third-order valence-corrected chi connectivity index (χ3v) is 4.08. The summed E-state index contributed by atoms with van der Waals surface area (Å²) in [6, 6.07) is 17.9. The van der Waals surface area contributed by atoms with Gasteiger partial charge in [0.1, 0.15) is 12.4 Å². The van der Waals surface area contributed by atoms with E-state index in [9.17, 15) is 0 Å². The Morgan fingerprint density at radius 3 is 2.36 bits per heavy atom. The lowest BCUT2D eigenvalue weighted by Gasteiger charge is -2.14. The highest BCUT2D eigenvalue weighted by molar-refractivity contribution is 5.55. The first-order chi connectivity index (χ1) is 12.3. The van der Waals surface area contributed by atoms with Crippen LogP contribution in [0.5, 0.6) is 5.75 Å². The number of benzene rings is 2. The van der Waals surface area contributed by atoms with Crippen molar-refractivity contribution in [3.8, 4) is 17.1 Å². The van der Waals surface area contributed by atoms with Gasteiger partial charge in [-0.05, 0) is 42.9 Å². The molecule has 1 aromatic heterocycles. The van der Waals surface area contributed by atoms with Crippen molar-refractivity contribution in [2.75, 3.05) is 13.1 Å². The summed E-state index contributed by atoms with van der Waals surface area (Å²) in [4.78, 5) is 6.71. The van der Waals surface area contributed by atoms with E-state index in [4.69, 9.17) is 9.26 Å². The van der Waals surface area contributed by atoms with Crippen molar-refractivity contribution >= 4 is 0 Å². The topological polar surface area (TPSA) is 51.4 Å². The molecule has 0 saturated carbocycles. The lowest BCUT2D eigenvalue weighted by Crippen LogP contribution is -2.22. The maximum Gasteiger partial charge on any atom is 0.241 e. The molecule has 25 heavy (non-hydrogen) atoms. The van der Waals surface area contributed by atoms with E-state index in [0.29, 0.717) is 24.9 Å². The third kappa shape index (κ3) is 4.67. The van der Waals surface area contributed by atoms with Crippen LogP contribution < -0.4 is 4.74 Å². The van der Waals surface area contributed by atoms with E-state index in [2.05, 4.69) is 28.9 Å². The van der Waals surface area contributed by atoms with E-state index in [1.54, 1.807) is 0 Å². The van der Waals surface area contributed by atoms with E-state index in [1.807, 2.05) is 54.6 Å². The summed E-state index contributed by atoms with van der Waals surface area (Å²) in [5.41, 5.74) is 2.06. The molecule has 5 heteroatoms. The molecule has 3 aromatic rings. The molecule has 0 unspecified atom stereocenters. The number of aromatic nitrogens is 2. The molecule has 0 bridgehead atoms. The van der Waals surface area contributed by atoms with Crippen LogP contribution in [0.3, 0.4) is 0 Å². The molecule has 1 heterocycles. The quantitative estimate of drug-likeness (QED) is 0.618. The number of hydrogen-bond donors (Lipinski definition) is 0. The van der Waals surface area contributed by atoms with Crippen molar-refractivity contribution in [2.45, 2.75) is 27.0 Å². The Bertz CT molecular complexity index is 765. The fraction of sp³-hybridized carbons (Fsp3) is 0.300. The average molecular weight is 337 g/mol. The van der Waals surface area contributed by atoms with Gasteiger partial charge in [0, 0.05) is 5.56 Å². The predicted molar refractivity (Wildman–Crippen MR) is 97.1 cm³/mol. The van der Waals surface area contributed by atoms with Crippen molar-refractivity contribution in [1.29, 1.82) is 0 Å². The SMILES string of the molecule is CCN(CC)Cc1nc(-c2ccc(OCc3ccccc3)cc2)no1. The van der Waals surface area contributed by atoms with E-state index < -0.39 is 0 Å². The molecule has 0 N–H and O–H groups in total. The third-order valence-electron chi connectivity index (χ3n) is 4.08. The zero-order valence-corrected chi connectivity index (χ0v) is 14.7. The molecule has 0 aliphatic carbocycles. The molecule has 5 nitrogen and oxygen atoms in total. The van der Waals surface area contributed by atoms with Crippen molar-refractivity contribution in [2.24, 2.45) is 0 Å². The summed E-state index contributed by atoms with van der Waals surface area (Å²) >= 11 is 0. The first-order valence-electron chi connectivity index (χ1n) is 8.60. The van der Waals surface area contributed by atoms with Gasteiger partial charge in [-0.2, -0.15) is 4.98 Å². The van der Waals surface area contributed by atoms with Gasteiger partial charge < -0.3 is 9.26 Å². The Morgan fingerprint density at radius 2 is 1.68 bits per heavy atom. The van der Waals surface area contributed by atoms with Gasteiger partial charge in [0.15, 0.2) is 0 Å². The highest BCUT2D eigenvalue weighted by Gasteiger charge is 2.11. The van der Waals surface area contributed by atoms with Crippen LogP contribution in [0.4, 0.5) is 0 Å². The van der Waals surface area contributed by atoms with Crippen molar-refractivity contribution < 1.29 is 9.26 Å². The summed E-state index contributed by atoms with van der Waals surface area (Å²) in [7, 11) is 0. The number of ether oxygens (including phenoxy) is 1. The standard InChI is InChI=1S/C20H23N3O2/c1-3-23(4-2)14-19-21-20(22-25-19)17-10-12-18(13-11-17)24-15-16-8-6-5-7-9-16/h5-13H,3-4,14-15H2,1-2H3. The van der Waals surface area contributed by atoms with Gasteiger partial charge in [-0.3, -0.25) is 4.90 Å². The predicted octanol–water partition coefficient (Wildman–Crippen LogP) is 4.16. The minimum Gasteiger partial charge on any atom is -0.489 e. The molecule has 3 rings (SSSR count). The van der Waals surface area contributed by atoms with E-state index in [1.165, 1.54) is 0 Å². The van der Waals surface area contributed by atoms with Crippen LogP contribution in [0.1, 0.15) is 25.3 Å².